The fraction of sp³-hybridized carbons (Fsp3) is 0.526. The summed E-state index contributed by atoms with van der Waals surface area (Å²) in [6, 6.07) is 7.90. The van der Waals surface area contributed by atoms with E-state index in [2.05, 4.69) is 9.97 Å². The minimum atomic E-state index is -0.445. The predicted molar refractivity (Wildman–Crippen MR) is 101 cm³/mol. The summed E-state index contributed by atoms with van der Waals surface area (Å²) in [6.07, 6.45) is 3.79. The second kappa shape index (κ2) is 7.60. The van der Waals surface area contributed by atoms with Crippen molar-refractivity contribution >= 4 is 28.9 Å². The highest BCUT2D eigenvalue weighted by molar-refractivity contribution is 7.99. The highest BCUT2D eigenvalue weighted by Gasteiger charge is 2.27. The van der Waals surface area contributed by atoms with Gasteiger partial charge in [0, 0.05) is 18.8 Å². The number of thioether (sulfide) groups is 1. The number of ether oxygens (including phenoxy) is 1. The Labute approximate surface area is 153 Å². The average molecular weight is 359 g/mol. The van der Waals surface area contributed by atoms with Gasteiger partial charge >= 0.3 is 6.09 Å². The Balaban J connectivity index is 1.56. The minimum Gasteiger partial charge on any atom is -0.444 e. The molecule has 6 heteroatoms. The first-order valence-corrected chi connectivity index (χ1v) is 9.72. The van der Waals surface area contributed by atoms with E-state index >= 15 is 0 Å². The third-order valence-electron chi connectivity index (χ3n) is 4.06. The van der Waals surface area contributed by atoms with E-state index in [-0.39, 0.29) is 6.09 Å². The van der Waals surface area contributed by atoms with Gasteiger partial charge in [0.25, 0.3) is 0 Å². The van der Waals surface area contributed by atoms with Crippen LogP contribution in [-0.4, -0.2) is 45.4 Å². The van der Waals surface area contributed by atoms with Gasteiger partial charge in [-0.1, -0.05) is 12.1 Å². The molecule has 1 amide bonds. The Kier molecular flexibility index (Phi) is 5.47. The molecule has 1 saturated heterocycles. The van der Waals surface area contributed by atoms with E-state index in [0.29, 0.717) is 5.92 Å². The average Bonchev–Trinajstić information content (AvgIpc) is 2.58. The number of likely N-dealkylation sites (tertiary alicyclic amines) is 1. The molecule has 0 aliphatic carbocycles. The highest BCUT2D eigenvalue weighted by atomic mass is 32.2. The molecule has 25 heavy (non-hydrogen) atoms. The molecule has 5 nitrogen and oxygen atoms in total. The number of aromatic nitrogens is 2. The molecular weight excluding hydrogens is 334 g/mol. The maximum Gasteiger partial charge on any atom is 0.410 e. The zero-order chi connectivity index (χ0) is 17.9. The van der Waals surface area contributed by atoms with Crippen LogP contribution >= 0.6 is 11.8 Å². The fourth-order valence-electron chi connectivity index (χ4n) is 2.91. The second-order valence-corrected chi connectivity index (χ2v) is 8.48. The summed E-state index contributed by atoms with van der Waals surface area (Å²) in [6.45, 7) is 7.25. The van der Waals surface area contributed by atoms with Crippen molar-refractivity contribution in [2.24, 2.45) is 5.92 Å². The second-order valence-electron chi connectivity index (χ2n) is 7.44. The summed E-state index contributed by atoms with van der Waals surface area (Å²) >= 11 is 1.72. The smallest absolute Gasteiger partial charge is 0.410 e. The van der Waals surface area contributed by atoms with Crippen LogP contribution < -0.4 is 0 Å². The van der Waals surface area contributed by atoms with Gasteiger partial charge in [0.15, 0.2) is 0 Å². The molecule has 0 unspecified atom stereocenters. The van der Waals surface area contributed by atoms with Crippen LogP contribution in [0.25, 0.3) is 11.0 Å². The summed E-state index contributed by atoms with van der Waals surface area (Å²) in [4.78, 5) is 23.2. The Morgan fingerprint density at radius 3 is 2.84 bits per heavy atom. The third-order valence-corrected chi connectivity index (χ3v) is 5.19. The first kappa shape index (κ1) is 18.0. The lowest BCUT2D eigenvalue weighted by atomic mass is 10.0. The molecule has 0 radical (unpaired) electrons. The summed E-state index contributed by atoms with van der Waals surface area (Å²) in [5.74, 6) is 1.39. The van der Waals surface area contributed by atoms with Crippen molar-refractivity contribution in [2.75, 3.05) is 18.8 Å². The molecule has 3 rings (SSSR count). The van der Waals surface area contributed by atoms with Crippen molar-refractivity contribution in [3.05, 3.63) is 30.5 Å². The van der Waals surface area contributed by atoms with Gasteiger partial charge in [0.2, 0.25) is 0 Å². The van der Waals surface area contributed by atoms with E-state index in [1.165, 1.54) is 0 Å². The molecule has 0 bridgehead atoms. The fourth-order valence-corrected chi connectivity index (χ4v) is 3.88. The summed E-state index contributed by atoms with van der Waals surface area (Å²) in [5, 5.41) is 0.938. The van der Waals surface area contributed by atoms with Gasteiger partial charge in [0.05, 0.1) is 17.2 Å². The van der Waals surface area contributed by atoms with Crippen LogP contribution in [-0.2, 0) is 4.74 Å². The SMILES string of the molecule is CC(C)(C)OC(=O)N1CCC[C@H](CSc2cnc3ccccc3n2)C1. The van der Waals surface area contributed by atoms with Gasteiger partial charge in [0.1, 0.15) is 10.6 Å². The van der Waals surface area contributed by atoms with Crippen LogP contribution in [0.5, 0.6) is 0 Å². The quantitative estimate of drug-likeness (QED) is 0.762. The predicted octanol–water partition coefficient (Wildman–Crippen LogP) is 4.37. The van der Waals surface area contributed by atoms with Gasteiger partial charge in [-0.15, -0.1) is 11.8 Å². The lowest BCUT2D eigenvalue weighted by Crippen LogP contribution is -2.43. The molecule has 2 aromatic rings. The van der Waals surface area contributed by atoms with Crippen LogP contribution in [0.15, 0.2) is 35.5 Å². The largest absolute Gasteiger partial charge is 0.444 e. The summed E-state index contributed by atoms with van der Waals surface area (Å²) < 4.78 is 5.49. The number of fused-ring (bicyclic) bond motifs is 1. The Hall–Kier alpha value is -1.82. The van der Waals surface area contributed by atoms with E-state index in [1.807, 2.05) is 56.1 Å². The first-order valence-electron chi connectivity index (χ1n) is 8.73. The van der Waals surface area contributed by atoms with E-state index in [0.717, 1.165) is 47.7 Å². The van der Waals surface area contributed by atoms with Crippen molar-refractivity contribution < 1.29 is 9.53 Å². The van der Waals surface area contributed by atoms with Crippen molar-refractivity contribution in [3.8, 4) is 0 Å². The Bertz CT molecular complexity index is 745. The normalized spacial score (nSPS) is 18.4. The number of piperidine rings is 1. The van der Waals surface area contributed by atoms with Crippen molar-refractivity contribution in [1.29, 1.82) is 0 Å². The molecule has 0 spiro atoms. The number of amides is 1. The number of benzene rings is 1. The zero-order valence-corrected chi connectivity index (χ0v) is 15.9. The molecule has 1 aliphatic rings. The van der Waals surface area contributed by atoms with Crippen molar-refractivity contribution in [3.63, 3.8) is 0 Å². The van der Waals surface area contributed by atoms with Gasteiger partial charge < -0.3 is 9.64 Å². The molecule has 1 aromatic carbocycles. The van der Waals surface area contributed by atoms with E-state index in [1.54, 1.807) is 11.8 Å². The van der Waals surface area contributed by atoms with E-state index < -0.39 is 5.60 Å². The standard InChI is InChI=1S/C19H25N3O2S/c1-19(2,3)24-18(23)22-10-6-7-14(12-22)13-25-17-11-20-15-8-4-5-9-16(15)21-17/h4-5,8-9,11,14H,6-7,10,12-13H2,1-3H3/t14-/m0/s1. The molecule has 1 fully saturated rings. The van der Waals surface area contributed by atoms with E-state index in [9.17, 15) is 4.79 Å². The number of carbonyl (C=O) groups is 1. The van der Waals surface area contributed by atoms with Crippen molar-refractivity contribution in [1.82, 2.24) is 14.9 Å². The van der Waals surface area contributed by atoms with Crippen LogP contribution in [0.1, 0.15) is 33.6 Å². The van der Waals surface area contributed by atoms with Crippen LogP contribution in [0.3, 0.4) is 0 Å². The monoisotopic (exact) mass is 359 g/mol. The summed E-state index contributed by atoms with van der Waals surface area (Å²) in [5.41, 5.74) is 1.39. The molecule has 0 N–H and O–H groups in total. The zero-order valence-electron chi connectivity index (χ0n) is 15.1. The van der Waals surface area contributed by atoms with Crippen LogP contribution in [0, 0.1) is 5.92 Å². The first-order chi connectivity index (χ1) is 11.9. The number of carbonyl (C=O) groups excluding carboxylic acids is 1. The van der Waals surface area contributed by atoms with Crippen LogP contribution in [0.2, 0.25) is 0 Å². The molecule has 1 atom stereocenters. The molecule has 0 saturated carbocycles. The van der Waals surface area contributed by atoms with Crippen molar-refractivity contribution in [2.45, 2.75) is 44.2 Å². The number of rotatable bonds is 3. The molecule has 134 valence electrons. The maximum absolute atomic E-state index is 12.3. The molecular formula is C19H25N3O2S. The number of para-hydroxylation sites is 2. The number of nitrogens with zero attached hydrogens (tertiary/aromatic N) is 3. The van der Waals surface area contributed by atoms with Gasteiger partial charge in [-0.05, 0) is 51.7 Å². The topological polar surface area (TPSA) is 55.3 Å². The highest BCUT2D eigenvalue weighted by Crippen LogP contribution is 2.26. The van der Waals surface area contributed by atoms with Gasteiger partial charge in [-0.3, -0.25) is 4.98 Å². The molecule has 1 aliphatic heterocycles. The number of hydrogen-bond acceptors (Lipinski definition) is 5. The van der Waals surface area contributed by atoms with Crippen LogP contribution in [0.4, 0.5) is 4.79 Å². The summed E-state index contributed by atoms with van der Waals surface area (Å²) in [7, 11) is 0. The Morgan fingerprint density at radius 2 is 2.08 bits per heavy atom. The lowest BCUT2D eigenvalue weighted by Gasteiger charge is -2.34. The third kappa shape index (κ3) is 5.08. The minimum absolute atomic E-state index is 0.201. The molecule has 1 aromatic heterocycles. The van der Waals surface area contributed by atoms with Gasteiger partial charge in [-0.2, -0.15) is 0 Å². The molecule has 2 heterocycles. The number of hydrogen-bond donors (Lipinski definition) is 0. The Morgan fingerprint density at radius 1 is 1.32 bits per heavy atom. The van der Waals surface area contributed by atoms with Gasteiger partial charge in [-0.25, -0.2) is 9.78 Å². The van der Waals surface area contributed by atoms with E-state index in [4.69, 9.17) is 4.74 Å². The lowest BCUT2D eigenvalue weighted by molar-refractivity contribution is 0.0177. The maximum atomic E-state index is 12.3.